The molecule has 2 aromatic carbocycles. The SMILES string of the molecule is COc1ccccc1N1C[C@@H](C(=O)OCC(=O)Nc2cccc(Cl)c2)CC1=O. The van der Waals surface area contributed by atoms with Crippen LogP contribution in [0.25, 0.3) is 0 Å². The van der Waals surface area contributed by atoms with Crippen LogP contribution in [0.15, 0.2) is 48.5 Å². The molecule has 0 aromatic heterocycles. The Labute approximate surface area is 167 Å². The smallest absolute Gasteiger partial charge is 0.311 e. The van der Waals surface area contributed by atoms with E-state index >= 15 is 0 Å². The molecule has 0 bridgehead atoms. The molecule has 1 saturated heterocycles. The van der Waals surface area contributed by atoms with Crippen LogP contribution in [0.3, 0.4) is 0 Å². The summed E-state index contributed by atoms with van der Waals surface area (Å²) in [5, 5.41) is 3.07. The molecule has 146 valence electrons. The molecule has 1 fully saturated rings. The quantitative estimate of drug-likeness (QED) is 0.751. The lowest BCUT2D eigenvalue weighted by molar-refractivity contribution is -0.151. The maximum Gasteiger partial charge on any atom is 0.311 e. The van der Waals surface area contributed by atoms with E-state index in [1.807, 2.05) is 0 Å². The molecule has 0 aliphatic carbocycles. The summed E-state index contributed by atoms with van der Waals surface area (Å²) in [4.78, 5) is 38.1. The second-order valence-corrected chi connectivity index (χ2v) is 6.68. The summed E-state index contributed by atoms with van der Waals surface area (Å²) in [5.41, 5.74) is 1.11. The zero-order valence-electron chi connectivity index (χ0n) is 15.2. The Balaban J connectivity index is 1.55. The molecule has 0 unspecified atom stereocenters. The van der Waals surface area contributed by atoms with Gasteiger partial charge in [-0.2, -0.15) is 0 Å². The van der Waals surface area contributed by atoms with Crippen molar-refractivity contribution < 1.29 is 23.9 Å². The Hall–Kier alpha value is -3.06. The zero-order chi connectivity index (χ0) is 20.1. The van der Waals surface area contributed by atoms with Crippen LogP contribution in [-0.4, -0.2) is 38.0 Å². The highest BCUT2D eigenvalue weighted by molar-refractivity contribution is 6.30. The number of rotatable bonds is 6. The van der Waals surface area contributed by atoms with Gasteiger partial charge in [-0.3, -0.25) is 14.4 Å². The first-order valence-electron chi connectivity index (χ1n) is 8.63. The van der Waals surface area contributed by atoms with Crippen molar-refractivity contribution in [1.82, 2.24) is 0 Å². The summed E-state index contributed by atoms with van der Waals surface area (Å²) in [6.07, 6.45) is 0.0206. The molecule has 1 aliphatic rings. The Kier molecular flexibility index (Phi) is 6.16. The molecule has 1 aliphatic heterocycles. The van der Waals surface area contributed by atoms with Gasteiger partial charge in [0.05, 0.1) is 18.7 Å². The lowest BCUT2D eigenvalue weighted by Gasteiger charge is -2.19. The molecule has 2 aromatic rings. The Morgan fingerprint density at radius 1 is 1.21 bits per heavy atom. The first kappa shape index (κ1) is 19.7. The largest absolute Gasteiger partial charge is 0.495 e. The van der Waals surface area contributed by atoms with Crippen molar-refractivity contribution in [3.05, 3.63) is 53.6 Å². The predicted molar refractivity (Wildman–Crippen MR) is 104 cm³/mol. The van der Waals surface area contributed by atoms with Gasteiger partial charge >= 0.3 is 5.97 Å². The molecule has 1 atom stereocenters. The highest BCUT2D eigenvalue weighted by atomic mass is 35.5. The lowest BCUT2D eigenvalue weighted by Crippen LogP contribution is -2.28. The molecule has 28 heavy (non-hydrogen) atoms. The van der Waals surface area contributed by atoms with Gasteiger partial charge < -0.3 is 19.7 Å². The number of carbonyl (C=O) groups excluding carboxylic acids is 3. The second-order valence-electron chi connectivity index (χ2n) is 6.24. The minimum absolute atomic E-state index is 0.0206. The summed E-state index contributed by atoms with van der Waals surface area (Å²) in [6.45, 7) is -0.265. The molecular formula is C20H19ClN2O5. The van der Waals surface area contributed by atoms with Crippen molar-refractivity contribution in [2.24, 2.45) is 5.92 Å². The maximum absolute atomic E-state index is 12.3. The van der Waals surface area contributed by atoms with Crippen LogP contribution < -0.4 is 15.0 Å². The maximum atomic E-state index is 12.3. The van der Waals surface area contributed by atoms with E-state index < -0.39 is 24.4 Å². The summed E-state index contributed by atoms with van der Waals surface area (Å²) in [7, 11) is 1.52. The van der Waals surface area contributed by atoms with Crippen molar-refractivity contribution >= 4 is 40.8 Å². The van der Waals surface area contributed by atoms with Gasteiger partial charge in [-0.05, 0) is 30.3 Å². The van der Waals surface area contributed by atoms with E-state index in [-0.39, 0.29) is 18.9 Å². The van der Waals surface area contributed by atoms with Gasteiger partial charge in [0.15, 0.2) is 6.61 Å². The molecule has 7 nitrogen and oxygen atoms in total. The molecule has 0 spiro atoms. The average molecular weight is 403 g/mol. The van der Waals surface area contributed by atoms with Crippen LogP contribution in [0.5, 0.6) is 5.75 Å². The van der Waals surface area contributed by atoms with E-state index in [9.17, 15) is 14.4 Å². The average Bonchev–Trinajstić information content (AvgIpc) is 3.07. The highest BCUT2D eigenvalue weighted by Gasteiger charge is 2.37. The van der Waals surface area contributed by atoms with E-state index in [1.54, 1.807) is 48.5 Å². The Morgan fingerprint density at radius 3 is 2.75 bits per heavy atom. The number of methoxy groups -OCH3 is 1. The number of hydrogen-bond donors (Lipinski definition) is 1. The van der Waals surface area contributed by atoms with Crippen LogP contribution in [0.2, 0.25) is 5.02 Å². The standard InChI is InChI=1S/C20H19ClN2O5/c1-27-17-8-3-2-7-16(17)23-11-13(9-19(23)25)20(26)28-12-18(24)22-15-6-4-5-14(21)10-15/h2-8,10,13H,9,11-12H2,1H3,(H,22,24)/t13-/m0/s1. The van der Waals surface area contributed by atoms with Crippen molar-refractivity contribution in [3.8, 4) is 5.75 Å². The Morgan fingerprint density at radius 2 is 2.00 bits per heavy atom. The van der Waals surface area contributed by atoms with E-state index in [4.69, 9.17) is 21.1 Å². The van der Waals surface area contributed by atoms with E-state index in [0.29, 0.717) is 22.1 Å². The first-order valence-corrected chi connectivity index (χ1v) is 9.01. The van der Waals surface area contributed by atoms with Gasteiger partial charge in [0.25, 0.3) is 5.91 Å². The van der Waals surface area contributed by atoms with Crippen LogP contribution in [0.1, 0.15) is 6.42 Å². The predicted octanol–water partition coefficient (Wildman–Crippen LogP) is 2.88. The number of amides is 2. The molecule has 3 rings (SSSR count). The van der Waals surface area contributed by atoms with Gasteiger partial charge in [0, 0.05) is 23.7 Å². The first-order chi connectivity index (χ1) is 13.5. The van der Waals surface area contributed by atoms with Gasteiger partial charge in [-0.15, -0.1) is 0 Å². The summed E-state index contributed by atoms with van der Waals surface area (Å²) < 4.78 is 10.4. The number of esters is 1. The fourth-order valence-corrected chi connectivity index (χ4v) is 3.16. The normalized spacial score (nSPS) is 16.0. The number of carbonyl (C=O) groups is 3. The van der Waals surface area contributed by atoms with Crippen molar-refractivity contribution in [2.45, 2.75) is 6.42 Å². The summed E-state index contributed by atoms with van der Waals surface area (Å²) in [5.74, 6) is -1.37. The molecule has 2 amide bonds. The van der Waals surface area contributed by atoms with Gasteiger partial charge in [-0.25, -0.2) is 0 Å². The number of ether oxygens (including phenoxy) is 2. The highest BCUT2D eigenvalue weighted by Crippen LogP contribution is 2.33. The van der Waals surface area contributed by atoms with Crippen molar-refractivity contribution in [3.63, 3.8) is 0 Å². The third kappa shape index (κ3) is 4.61. The van der Waals surface area contributed by atoms with Crippen LogP contribution in [0.4, 0.5) is 11.4 Å². The van der Waals surface area contributed by atoms with E-state index in [0.717, 1.165) is 0 Å². The fourth-order valence-electron chi connectivity index (χ4n) is 2.97. The fraction of sp³-hybridized carbons (Fsp3) is 0.250. The monoisotopic (exact) mass is 402 g/mol. The van der Waals surface area contributed by atoms with E-state index in [2.05, 4.69) is 5.32 Å². The molecule has 8 heteroatoms. The summed E-state index contributed by atoms with van der Waals surface area (Å²) >= 11 is 5.86. The molecule has 0 radical (unpaired) electrons. The number of para-hydroxylation sites is 2. The number of halogens is 1. The van der Waals surface area contributed by atoms with Crippen LogP contribution >= 0.6 is 11.6 Å². The third-order valence-electron chi connectivity index (χ3n) is 4.29. The van der Waals surface area contributed by atoms with Crippen molar-refractivity contribution in [1.29, 1.82) is 0 Å². The minimum atomic E-state index is -0.642. The number of hydrogen-bond acceptors (Lipinski definition) is 5. The van der Waals surface area contributed by atoms with Gasteiger partial charge in [-0.1, -0.05) is 29.8 Å². The molecular weight excluding hydrogens is 384 g/mol. The van der Waals surface area contributed by atoms with Crippen LogP contribution in [-0.2, 0) is 19.1 Å². The van der Waals surface area contributed by atoms with Crippen LogP contribution in [0, 0.1) is 5.92 Å². The van der Waals surface area contributed by atoms with Crippen molar-refractivity contribution in [2.75, 3.05) is 30.5 Å². The second kappa shape index (κ2) is 8.75. The van der Waals surface area contributed by atoms with Gasteiger partial charge in [0.1, 0.15) is 5.75 Å². The number of nitrogens with zero attached hydrogens (tertiary/aromatic N) is 1. The van der Waals surface area contributed by atoms with E-state index in [1.165, 1.54) is 12.0 Å². The number of anilines is 2. The lowest BCUT2D eigenvalue weighted by atomic mass is 10.1. The van der Waals surface area contributed by atoms with Gasteiger partial charge in [0.2, 0.25) is 5.91 Å². The summed E-state index contributed by atoms with van der Waals surface area (Å²) in [6, 6.07) is 13.7. The number of benzene rings is 2. The molecule has 1 heterocycles. The third-order valence-corrected chi connectivity index (χ3v) is 4.52. The minimum Gasteiger partial charge on any atom is -0.495 e. The topological polar surface area (TPSA) is 84.9 Å². The zero-order valence-corrected chi connectivity index (χ0v) is 15.9. The number of nitrogens with one attached hydrogen (secondary N) is 1. The Bertz CT molecular complexity index is 902. The molecule has 1 N–H and O–H groups in total. The molecule has 0 saturated carbocycles.